The zero-order valence-electron chi connectivity index (χ0n) is 11.0. The number of Topliss-reactive ketones (excluding diaryl/α,β-unsaturated/α-hetero) is 1. The normalized spacial score (nSPS) is 22.2. The molecule has 2 atom stereocenters. The topological polar surface area (TPSA) is 88.1 Å². The third kappa shape index (κ3) is 2.57. The van der Waals surface area contributed by atoms with Crippen LogP contribution >= 0.6 is 11.3 Å². The predicted octanol–water partition coefficient (Wildman–Crippen LogP) is 2.38. The second kappa shape index (κ2) is 5.59. The summed E-state index contributed by atoms with van der Waals surface area (Å²) >= 11 is 1.25. The van der Waals surface area contributed by atoms with Crippen molar-refractivity contribution in [3.8, 4) is 6.07 Å². The maximum Gasteiger partial charge on any atom is 0.171 e. The number of carbonyl (C=O) groups excluding carboxylic acids is 1. The SMILES string of the molecule is COC1CCCC1Nc1sc(C(C)=O)c(N)c1C#N. The summed E-state index contributed by atoms with van der Waals surface area (Å²) in [5, 5.41) is 13.2. The lowest BCUT2D eigenvalue weighted by Crippen LogP contribution is -2.29. The molecule has 0 bridgehead atoms. The highest BCUT2D eigenvalue weighted by Crippen LogP contribution is 2.37. The van der Waals surface area contributed by atoms with Crippen LogP contribution in [0.5, 0.6) is 0 Å². The number of rotatable bonds is 4. The summed E-state index contributed by atoms with van der Waals surface area (Å²) in [6, 6.07) is 2.25. The summed E-state index contributed by atoms with van der Waals surface area (Å²) in [5.74, 6) is -0.109. The Hall–Kier alpha value is -1.58. The van der Waals surface area contributed by atoms with E-state index in [2.05, 4.69) is 11.4 Å². The average Bonchev–Trinajstić information content (AvgIpc) is 2.94. The molecule has 3 N–H and O–H groups in total. The van der Waals surface area contributed by atoms with Gasteiger partial charge >= 0.3 is 0 Å². The minimum absolute atomic E-state index is 0.109. The molecule has 0 aromatic carbocycles. The first-order valence-electron chi connectivity index (χ1n) is 6.21. The number of nitriles is 1. The van der Waals surface area contributed by atoms with Crippen LogP contribution < -0.4 is 11.1 Å². The van der Waals surface area contributed by atoms with E-state index >= 15 is 0 Å². The van der Waals surface area contributed by atoms with Gasteiger partial charge in [-0.25, -0.2) is 0 Å². The lowest BCUT2D eigenvalue weighted by Gasteiger charge is -2.19. The maximum absolute atomic E-state index is 11.5. The number of nitrogen functional groups attached to an aromatic ring is 1. The van der Waals surface area contributed by atoms with Gasteiger partial charge in [-0.1, -0.05) is 0 Å². The number of thiophene rings is 1. The third-order valence-electron chi connectivity index (χ3n) is 3.45. The highest BCUT2D eigenvalue weighted by molar-refractivity contribution is 7.19. The Bertz CT molecular complexity index is 533. The van der Waals surface area contributed by atoms with Gasteiger partial charge in [0, 0.05) is 14.0 Å². The van der Waals surface area contributed by atoms with E-state index in [-0.39, 0.29) is 23.6 Å². The number of methoxy groups -OCH3 is 1. The Morgan fingerprint density at radius 3 is 2.89 bits per heavy atom. The van der Waals surface area contributed by atoms with E-state index in [4.69, 9.17) is 10.5 Å². The van der Waals surface area contributed by atoms with Gasteiger partial charge in [-0.2, -0.15) is 5.26 Å². The third-order valence-corrected chi connectivity index (χ3v) is 4.69. The van der Waals surface area contributed by atoms with Gasteiger partial charge in [-0.15, -0.1) is 11.3 Å². The molecular formula is C13H17N3O2S. The van der Waals surface area contributed by atoms with E-state index < -0.39 is 0 Å². The van der Waals surface area contributed by atoms with Gasteiger partial charge in [-0.05, 0) is 19.3 Å². The molecule has 1 heterocycles. The number of ketones is 1. The molecule has 1 fully saturated rings. The molecule has 1 aliphatic carbocycles. The molecule has 0 radical (unpaired) electrons. The highest BCUT2D eigenvalue weighted by atomic mass is 32.1. The predicted molar refractivity (Wildman–Crippen MR) is 75.5 cm³/mol. The van der Waals surface area contributed by atoms with E-state index in [0.717, 1.165) is 19.3 Å². The highest BCUT2D eigenvalue weighted by Gasteiger charge is 2.29. The fraction of sp³-hybridized carbons (Fsp3) is 0.538. The summed E-state index contributed by atoms with van der Waals surface area (Å²) in [7, 11) is 1.69. The summed E-state index contributed by atoms with van der Waals surface area (Å²) in [4.78, 5) is 11.9. The molecule has 1 saturated carbocycles. The maximum atomic E-state index is 11.5. The molecule has 2 unspecified atom stereocenters. The van der Waals surface area contributed by atoms with Gasteiger partial charge in [0.15, 0.2) is 5.78 Å². The van der Waals surface area contributed by atoms with Gasteiger partial charge in [0.2, 0.25) is 0 Å². The first kappa shape index (κ1) is 13.8. The van der Waals surface area contributed by atoms with Crippen LogP contribution in [0.4, 0.5) is 10.7 Å². The van der Waals surface area contributed by atoms with Crippen LogP contribution in [-0.2, 0) is 4.74 Å². The molecule has 1 aliphatic rings. The van der Waals surface area contributed by atoms with E-state index in [1.54, 1.807) is 7.11 Å². The summed E-state index contributed by atoms with van der Waals surface area (Å²) in [6.45, 7) is 1.46. The number of ether oxygens (including phenoxy) is 1. The van der Waals surface area contributed by atoms with Crippen LogP contribution in [0, 0.1) is 11.3 Å². The number of anilines is 2. The van der Waals surface area contributed by atoms with Gasteiger partial charge < -0.3 is 15.8 Å². The molecule has 102 valence electrons. The second-order valence-electron chi connectivity index (χ2n) is 4.67. The largest absolute Gasteiger partial charge is 0.396 e. The summed E-state index contributed by atoms with van der Waals surface area (Å²) in [5.41, 5.74) is 6.51. The van der Waals surface area contributed by atoms with Crippen molar-refractivity contribution >= 4 is 27.8 Å². The zero-order chi connectivity index (χ0) is 14.0. The molecule has 1 aromatic heterocycles. The van der Waals surface area contributed by atoms with Crippen LogP contribution in [-0.4, -0.2) is 25.0 Å². The second-order valence-corrected chi connectivity index (χ2v) is 5.69. The minimum atomic E-state index is -0.109. The molecule has 6 heteroatoms. The molecule has 2 rings (SSSR count). The Kier molecular flexibility index (Phi) is 4.08. The molecule has 0 amide bonds. The van der Waals surface area contributed by atoms with E-state index in [0.29, 0.717) is 15.4 Å². The molecule has 19 heavy (non-hydrogen) atoms. The van der Waals surface area contributed by atoms with Crippen LogP contribution in [0.2, 0.25) is 0 Å². The fourth-order valence-corrected chi connectivity index (χ4v) is 3.49. The van der Waals surface area contributed by atoms with Crippen LogP contribution in [0.1, 0.15) is 41.4 Å². The van der Waals surface area contributed by atoms with Crippen molar-refractivity contribution in [2.45, 2.75) is 38.3 Å². The average molecular weight is 279 g/mol. The number of nitrogens with two attached hydrogens (primary N) is 1. The molecule has 5 nitrogen and oxygen atoms in total. The molecule has 0 spiro atoms. The molecule has 0 aliphatic heterocycles. The summed E-state index contributed by atoms with van der Waals surface area (Å²) < 4.78 is 5.42. The standard InChI is InChI=1S/C13H17N3O2S/c1-7(17)12-11(15)8(6-14)13(19-12)16-9-4-3-5-10(9)18-2/h9-10,16H,3-5,15H2,1-2H3. The van der Waals surface area contributed by atoms with Crippen molar-refractivity contribution < 1.29 is 9.53 Å². The van der Waals surface area contributed by atoms with Gasteiger partial charge in [-0.3, -0.25) is 4.79 Å². The molecule has 1 aromatic rings. The molecular weight excluding hydrogens is 262 g/mol. The van der Waals surface area contributed by atoms with Crippen molar-refractivity contribution in [1.29, 1.82) is 5.26 Å². The monoisotopic (exact) mass is 279 g/mol. The number of carbonyl (C=O) groups is 1. The number of nitrogens with zero attached hydrogens (tertiary/aromatic N) is 1. The van der Waals surface area contributed by atoms with E-state index in [1.165, 1.54) is 18.3 Å². The van der Waals surface area contributed by atoms with Crippen LogP contribution in [0.3, 0.4) is 0 Å². The minimum Gasteiger partial charge on any atom is -0.396 e. The first-order valence-corrected chi connectivity index (χ1v) is 7.02. The number of hydrogen-bond donors (Lipinski definition) is 2. The number of nitrogens with one attached hydrogen (secondary N) is 1. The molecule has 0 saturated heterocycles. The van der Waals surface area contributed by atoms with E-state index in [9.17, 15) is 10.1 Å². The lowest BCUT2D eigenvalue weighted by molar-refractivity contribution is 0.101. The van der Waals surface area contributed by atoms with Crippen LogP contribution in [0.15, 0.2) is 0 Å². The van der Waals surface area contributed by atoms with E-state index in [1.807, 2.05) is 0 Å². The van der Waals surface area contributed by atoms with Crippen molar-refractivity contribution in [1.82, 2.24) is 0 Å². The fourth-order valence-electron chi connectivity index (χ4n) is 2.46. The van der Waals surface area contributed by atoms with Crippen molar-refractivity contribution in [2.75, 3.05) is 18.2 Å². The van der Waals surface area contributed by atoms with Crippen LogP contribution in [0.25, 0.3) is 0 Å². The smallest absolute Gasteiger partial charge is 0.171 e. The van der Waals surface area contributed by atoms with Crippen molar-refractivity contribution in [3.63, 3.8) is 0 Å². The van der Waals surface area contributed by atoms with Crippen molar-refractivity contribution in [3.05, 3.63) is 10.4 Å². The Labute approximate surface area is 116 Å². The van der Waals surface area contributed by atoms with Gasteiger partial charge in [0.25, 0.3) is 0 Å². The Morgan fingerprint density at radius 2 is 2.32 bits per heavy atom. The number of hydrogen-bond acceptors (Lipinski definition) is 6. The zero-order valence-corrected chi connectivity index (χ0v) is 11.8. The van der Waals surface area contributed by atoms with Crippen molar-refractivity contribution in [2.24, 2.45) is 0 Å². The van der Waals surface area contributed by atoms with Gasteiger partial charge in [0.05, 0.1) is 22.7 Å². The van der Waals surface area contributed by atoms with Gasteiger partial charge in [0.1, 0.15) is 16.6 Å². The lowest BCUT2D eigenvalue weighted by atomic mass is 10.2. The first-order chi connectivity index (χ1) is 9.08. The Balaban J connectivity index is 2.28. The summed E-state index contributed by atoms with van der Waals surface area (Å²) in [6.07, 6.45) is 3.25. The quantitative estimate of drug-likeness (QED) is 0.826. The Morgan fingerprint density at radius 1 is 1.58 bits per heavy atom.